The van der Waals surface area contributed by atoms with Crippen molar-refractivity contribution in [2.75, 3.05) is 25.0 Å². The Morgan fingerprint density at radius 2 is 1.81 bits per heavy atom. The standard InChI is InChI=1S/C21H21N3O3/c1-14(25)22-17-8-6-16(7-9-17)21(27)23-12-19-18-5-3-2-4-15(18)10-11-24(19)20(26)13-23/h2-9,19H,10-13H2,1H3,(H,22,25). The highest BCUT2D eigenvalue weighted by atomic mass is 16.2. The molecule has 2 aromatic rings. The second kappa shape index (κ2) is 6.87. The number of hydrogen-bond donors (Lipinski definition) is 1. The van der Waals surface area contributed by atoms with Crippen LogP contribution in [-0.2, 0) is 16.0 Å². The van der Waals surface area contributed by atoms with Crippen molar-refractivity contribution in [3.05, 3.63) is 65.2 Å². The number of nitrogens with one attached hydrogen (secondary N) is 1. The summed E-state index contributed by atoms with van der Waals surface area (Å²) in [6.07, 6.45) is 0.858. The van der Waals surface area contributed by atoms with E-state index in [4.69, 9.17) is 0 Å². The van der Waals surface area contributed by atoms with E-state index in [0.717, 1.165) is 12.0 Å². The lowest BCUT2D eigenvalue weighted by Gasteiger charge is -2.44. The van der Waals surface area contributed by atoms with Crippen LogP contribution in [0.3, 0.4) is 0 Å². The van der Waals surface area contributed by atoms with E-state index < -0.39 is 0 Å². The fourth-order valence-electron chi connectivity index (χ4n) is 3.91. The minimum Gasteiger partial charge on any atom is -0.332 e. The molecule has 2 heterocycles. The minimum atomic E-state index is -0.166. The van der Waals surface area contributed by atoms with Gasteiger partial charge in [-0.15, -0.1) is 0 Å². The van der Waals surface area contributed by atoms with E-state index in [9.17, 15) is 14.4 Å². The molecule has 2 aliphatic rings. The predicted molar refractivity (Wildman–Crippen MR) is 101 cm³/mol. The van der Waals surface area contributed by atoms with Crippen molar-refractivity contribution in [1.82, 2.24) is 9.80 Å². The summed E-state index contributed by atoms with van der Waals surface area (Å²) in [4.78, 5) is 40.2. The average molecular weight is 363 g/mol. The van der Waals surface area contributed by atoms with E-state index in [0.29, 0.717) is 24.3 Å². The molecule has 2 aromatic carbocycles. The third kappa shape index (κ3) is 3.30. The lowest BCUT2D eigenvalue weighted by Crippen LogP contribution is -2.55. The topological polar surface area (TPSA) is 69.7 Å². The van der Waals surface area contributed by atoms with Gasteiger partial charge in [-0.05, 0) is 41.8 Å². The molecular formula is C21H21N3O3. The van der Waals surface area contributed by atoms with Gasteiger partial charge in [-0.25, -0.2) is 0 Å². The zero-order valence-corrected chi connectivity index (χ0v) is 15.1. The Morgan fingerprint density at radius 3 is 2.56 bits per heavy atom. The molecule has 0 radical (unpaired) electrons. The molecule has 1 N–H and O–H groups in total. The van der Waals surface area contributed by atoms with Gasteiger partial charge in [0.05, 0.1) is 6.04 Å². The third-order valence-electron chi connectivity index (χ3n) is 5.19. The Kier molecular flexibility index (Phi) is 4.39. The van der Waals surface area contributed by atoms with Gasteiger partial charge in [0.15, 0.2) is 0 Å². The molecule has 1 saturated heterocycles. The van der Waals surface area contributed by atoms with E-state index in [1.54, 1.807) is 29.2 Å². The van der Waals surface area contributed by atoms with Crippen LogP contribution in [0.4, 0.5) is 5.69 Å². The summed E-state index contributed by atoms with van der Waals surface area (Å²) in [7, 11) is 0. The molecular weight excluding hydrogens is 342 g/mol. The molecule has 3 amide bonds. The highest BCUT2D eigenvalue weighted by molar-refractivity contribution is 5.98. The fraction of sp³-hybridized carbons (Fsp3) is 0.286. The van der Waals surface area contributed by atoms with E-state index in [-0.39, 0.29) is 30.3 Å². The van der Waals surface area contributed by atoms with Gasteiger partial charge in [0.25, 0.3) is 5.91 Å². The number of carbonyl (C=O) groups excluding carboxylic acids is 3. The molecule has 0 spiro atoms. The van der Waals surface area contributed by atoms with Crippen LogP contribution in [-0.4, -0.2) is 47.2 Å². The second-order valence-corrected chi connectivity index (χ2v) is 7.00. The van der Waals surface area contributed by atoms with Crippen molar-refractivity contribution in [1.29, 1.82) is 0 Å². The maximum absolute atomic E-state index is 12.9. The summed E-state index contributed by atoms with van der Waals surface area (Å²) < 4.78 is 0. The number of piperazine rings is 1. The Hall–Kier alpha value is -3.15. The smallest absolute Gasteiger partial charge is 0.254 e. The maximum Gasteiger partial charge on any atom is 0.254 e. The third-order valence-corrected chi connectivity index (χ3v) is 5.19. The van der Waals surface area contributed by atoms with E-state index in [2.05, 4.69) is 17.4 Å². The Balaban J connectivity index is 1.56. The molecule has 2 aliphatic heterocycles. The van der Waals surface area contributed by atoms with Crippen molar-refractivity contribution in [2.24, 2.45) is 0 Å². The highest BCUT2D eigenvalue weighted by Gasteiger charge is 2.38. The van der Waals surface area contributed by atoms with Gasteiger partial charge in [-0.3, -0.25) is 14.4 Å². The maximum atomic E-state index is 12.9. The highest BCUT2D eigenvalue weighted by Crippen LogP contribution is 2.33. The Morgan fingerprint density at radius 1 is 1.07 bits per heavy atom. The summed E-state index contributed by atoms with van der Waals surface area (Å²) >= 11 is 0. The monoisotopic (exact) mass is 363 g/mol. The van der Waals surface area contributed by atoms with Crippen LogP contribution in [0.5, 0.6) is 0 Å². The first-order valence-corrected chi connectivity index (χ1v) is 9.07. The van der Waals surface area contributed by atoms with Crippen molar-refractivity contribution < 1.29 is 14.4 Å². The van der Waals surface area contributed by atoms with Crippen LogP contribution in [0.15, 0.2) is 48.5 Å². The first kappa shape index (κ1) is 17.3. The van der Waals surface area contributed by atoms with Gasteiger partial charge in [0.1, 0.15) is 6.54 Å². The molecule has 27 heavy (non-hydrogen) atoms. The molecule has 1 atom stereocenters. The number of rotatable bonds is 2. The molecule has 0 bridgehead atoms. The predicted octanol–water partition coefficient (Wildman–Crippen LogP) is 2.23. The van der Waals surface area contributed by atoms with Crippen LogP contribution in [0, 0.1) is 0 Å². The van der Waals surface area contributed by atoms with Gasteiger partial charge >= 0.3 is 0 Å². The molecule has 6 nitrogen and oxygen atoms in total. The number of hydrogen-bond acceptors (Lipinski definition) is 3. The van der Waals surface area contributed by atoms with E-state index in [1.807, 2.05) is 17.0 Å². The van der Waals surface area contributed by atoms with Gasteiger partial charge in [-0.1, -0.05) is 24.3 Å². The summed E-state index contributed by atoms with van der Waals surface area (Å²) in [6, 6.07) is 14.8. The van der Waals surface area contributed by atoms with E-state index in [1.165, 1.54) is 12.5 Å². The average Bonchev–Trinajstić information content (AvgIpc) is 2.67. The summed E-state index contributed by atoms with van der Waals surface area (Å²) in [5.74, 6) is -0.337. The van der Waals surface area contributed by atoms with Crippen LogP contribution >= 0.6 is 0 Å². The van der Waals surface area contributed by atoms with Crippen LogP contribution in [0.1, 0.15) is 34.5 Å². The van der Waals surface area contributed by atoms with Gasteiger partial charge in [0, 0.05) is 31.3 Å². The zero-order chi connectivity index (χ0) is 19.0. The SMILES string of the molecule is CC(=O)Nc1ccc(C(=O)N2CC(=O)N3CCc4ccccc4C3C2)cc1. The summed E-state index contributed by atoms with van der Waals surface area (Å²) in [5, 5.41) is 2.68. The van der Waals surface area contributed by atoms with Crippen molar-refractivity contribution in [3.63, 3.8) is 0 Å². The van der Waals surface area contributed by atoms with Crippen molar-refractivity contribution in [3.8, 4) is 0 Å². The zero-order valence-electron chi connectivity index (χ0n) is 15.1. The van der Waals surface area contributed by atoms with Crippen molar-refractivity contribution in [2.45, 2.75) is 19.4 Å². The quantitative estimate of drug-likeness (QED) is 0.890. The van der Waals surface area contributed by atoms with Crippen molar-refractivity contribution >= 4 is 23.4 Å². The molecule has 0 aliphatic carbocycles. The number of fused-ring (bicyclic) bond motifs is 3. The number of carbonyl (C=O) groups is 3. The first-order valence-electron chi connectivity index (χ1n) is 9.07. The Bertz CT molecular complexity index is 907. The lowest BCUT2D eigenvalue weighted by molar-refractivity contribution is -0.139. The van der Waals surface area contributed by atoms with Gasteiger partial charge in [0.2, 0.25) is 11.8 Å². The van der Waals surface area contributed by atoms with Gasteiger partial charge in [-0.2, -0.15) is 0 Å². The first-order chi connectivity index (χ1) is 13.0. The number of anilines is 1. The molecule has 4 rings (SSSR count). The van der Waals surface area contributed by atoms with Gasteiger partial charge < -0.3 is 15.1 Å². The Labute approximate surface area is 157 Å². The largest absolute Gasteiger partial charge is 0.332 e. The van der Waals surface area contributed by atoms with Crippen LogP contribution in [0.25, 0.3) is 0 Å². The molecule has 6 heteroatoms. The molecule has 0 saturated carbocycles. The fourth-order valence-corrected chi connectivity index (χ4v) is 3.91. The van der Waals surface area contributed by atoms with E-state index >= 15 is 0 Å². The number of amides is 3. The molecule has 0 aromatic heterocycles. The minimum absolute atomic E-state index is 0.0102. The second-order valence-electron chi connectivity index (χ2n) is 7.00. The lowest BCUT2D eigenvalue weighted by atomic mass is 9.90. The molecule has 1 fully saturated rings. The number of benzene rings is 2. The normalized spacial score (nSPS) is 18.6. The summed E-state index contributed by atoms with van der Waals surface area (Å²) in [5.41, 5.74) is 3.53. The molecule has 138 valence electrons. The van der Waals surface area contributed by atoms with Crippen LogP contribution in [0.2, 0.25) is 0 Å². The van der Waals surface area contributed by atoms with Crippen LogP contribution < -0.4 is 5.32 Å². The number of nitrogens with zero attached hydrogens (tertiary/aromatic N) is 2. The molecule has 1 unspecified atom stereocenters. The summed E-state index contributed by atoms with van der Waals surface area (Å²) in [6.45, 7) is 2.74.